The summed E-state index contributed by atoms with van der Waals surface area (Å²) in [6, 6.07) is 3.44. The fourth-order valence-electron chi connectivity index (χ4n) is 1.05. The van der Waals surface area contributed by atoms with Crippen molar-refractivity contribution in [1.82, 2.24) is 0 Å². The minimum atomic E-state index is -3.54. The first kappa shape index (κ1) is 13.4. The summed E-state index contributed by atoms with van der Waals surface area (Å²) in [6.45, 7) is 1.61. The van der Waals surface area contributed by atoms with Gasteiger partial charge in [-0.15, -0.1) is 0 Å². The molecule has 0 spiro atoms. The Labute approximate surface area is 98.6 Å². The first-order valence-electron chi connectivity index (χ1n) is 4.80. The highest BCUT2D eigenvalue weighted by atomic mass is 32.2. The molecule has 1 aromatic carbocycles. The average molecular weight is 261 g/mol. The van der Waals surface area contributed by atoms with Gasteiger partial charge in [-0.05, 0) is 12.1 Å². The molecule has 5 nitrogen and oxygen atoms in total. The van der Waals surface area contributed by atoms with Crippen LogP contribution in [0.5, 0.6) is 5.75 Å². The molecule has 0 radical (unpaired) electrons. The van der Waals surface area contributed by atoms with E-state index in [2.05, 4.69) is 0 Å². The highest BCUT2D eigenvalue weighted by Crippen LogP contribution is 2.21. The Morgan fingerprint density at radius 1 is 1.47 bits per heavy atom. The number of carbonyl (C=O) groups excluding carboxylic acids is 1. The SMILES string of the molecule is CCC(=O)Oc1ccc(NS(C)(=O)=O)c(F)c1. The van der Waals surface area contributed by atoms with E-state index in [9.17, 15) is 17.6 Å². The summed E-state index contributed by atoms with van der Waals surface area (Å²) >= 11 is 0. The molecule has 0 aromatic heterocycles. The number of hydrogen-bond acceptors (Lipinski definition) is 4. The van der Waals surface area contributed by atoms with E-state index in [0.717, 1.165) is 12.3 Å². The van der Waals surface area contributed by atoms with Gasteiger partial charge in [0.1, 0.15) is 5.75 Å². The zero-order chi connectivity index (χ0) is 13.1. The van der Waals surface area contributed by atoms with Crippen molar-refractivity contribution in [3.05, 3.63) is 24.0 Å². The number of nitrogens with one attached hydrogen (secondary N) is 1. The Kier molecular flexibility index (Phi) is 4.06. The van der Waals surface area contributed by atoms with Crippen LogP contribution in [0.25, 0.3) is 0 Å². The number of hydrogen-bond donors (Lipinski definition) is 1. The zero-order valence-electron chi connectivity index (χ0n) is 9.36. The van der Waals surface area contributed by atoms with Crippen LogP contribution < -0.4 is 9.46 Å². The lowest BCUT2D eigenvalue weighted by Gasteiger charge is -2.07. The number of carbonyl (C=O) groups is 1. The molecular formula is C10H12FNO4S. The van der Waals surface area contributed by atoms with Crippen molar-refractivity contribution in [2.45, 2.75) is 13.3 Å². The summed E-state index contributed by atoms with van der Waals surface area (Å²) < 4.78 is 42.0. The van der Waals surface area contributed by atoms with E-state index in [-0.39, 0.29) is 17.9 Å². The molecule has 0 aliphatic rings. The smallest absolute Gasteiger partial charge is 0.310 e. The first-order chi connectivity index (χ1) is 7.81. The van der Waals surface area contributed by atoms with Crippen molar-refractivity contribution < 1.29 is 22.3 Å². The Morgan fingerprint density at radius 2 is 2.12 bits per heavy atom. The lowest BCUT2D eigenvalue weighted by molar-refractivity contribution is -0.134. The monoisotopic (exact) mass is 261 g/mol. The number of esters is 1. The summed E-state index contributed by atoms with van der Waals surface area (Å²) in [5, 5.41) is 0. The van der Waals surface area contributed by atoms with Gasteiger partial charge in [0, 0.05) is 12.5 Å². The summed E-state index contributed by atoms with van der Waals surface area (Å²) in [4.78, 5) is 11.0. The van der Waals surface area contributed by atoms with Crippen molar-refractivity contribution in [2.75, 3.05) is 11.0 Å². The van der Waals surface area contributed by atoms with Crippen LogP contribution in [-0.4, -0.2) is 20.6 Å². The molecule has 1 aromatic rings. The quantitative estimate of drug-likeness (QED) is 0.658. The topological polar surface area (TPSA) is 72.5 Å². The van der Waals surface area contributed by atoms with Crippen LogP contribution in [0, 0.1) is 5.82 Å². The van der Waals surface area contributed by atoms with Crippen molar-refractivity contribution in [1.29, 1.82) is 0 Å². The van der Waals surface area contributed by atoms with Crippen LogP contribution >= 0.6 is 0 Å². The Hall–Kier alpha value is -1.63. The van der Waals surface area contributed by atoms with E-state index in [1.807, 2.05) is 4.72 Å². The second kappa shape index (κ2) is 5.13. The summed E-state index contributed by atoms with van der Waals surface area (Å²) in [5.74, 6) is -1.27. The molecule has 0 saturated carbocycles. The van der Waals surface area contributed by atoms with Gasteiger partial charge in [0.15, 0.2) is 5.82 Å². The van der Waals surface area contributed by atoms with Crippen LogP contribution in [0.1, 0.15) is 13.3 Å². The molecule has 0 atom stereocenters. The minimum absolute atomic E-state index is 0.0356. The summed E-state index contributed by atoms with van der Waals surface area (Å²) in [7, 11) is -3.54. The molecule has 0 saturated heterocycles. The maximum Gasteiger partial charge on any atom is 0.310 e. The molecule has 1 rings (SSSR count). The van der Waals surface area contributed by atoms with Gasteiger partial charge in [0.2, 0.25) is 10.0 Å². The van der Waals surface area contributed by atoms with E-state index in [0.29, 0.717) is 0 Å². The summed E-state index contributed by atoms with van der Waals surface area (Å²) in [5.41, 5.74) is -0.191. The Morgan fingerprint density at radius 3 is 2.59 bits per heavy atom. The molecule has 0 amide bonds. The normalized spacial score (nSPS) is 11.0. The maximum atomic E-state index is 13.4. The van der Waals surface area contributed by atoms with Crippen LogP contribution in [-0.2, 0) is 14.8 Å². The number of ether oxygens (including phenoxy) is 1. The van der Waals surface area contributed by atoms with Gasteiger partial charge >= 0.3 is 5.97 Å². The number of benzene rings is 1. The zero-order valence-corrected chi connectivity index (χ0v) is 10.2. The fourth-order valence-corrected chi connectivity index (χ4v) is 1.61. The van der Waals surface area contributed by atoms with Gasteiger partial charge in [0.25, 0.3) is 0 Å². The predicted molar refractivity (Wildman–Crippen MR) is 60.8 cm³/mol. The van der Waals surface area contributed by atoms with Crippen molar-refractivity contribution >= 4 is 21.7 Å². The lowest BCUT2D eigenvalue weighted by Crippen LogP contribution is -2.11. The fraction of sp³-hybridized carbons (Fsp3) is 0.300. The van der Waals surface area contributed by atoms with Crippen molar-refractivity contribution in [2.24, 2.45) is 0 Å². The van der Waals surface area contributed by atoms with E-state index in [1.54, 1.807) is 6.92 Å². The van der Waals surface area contributed by atoms with Gasteiger partial charge < -0.3 is 4.74 Å². The standard InChI is InChI=1S/C10H12FNO4S/c1-3-10(13)16-7-4-5-9(8(11)6-7)12-17(2,14)15/h4-6,12H,3H2,1-2H3. The second-order valence-corrected chi connectivity index (χ2v) is 5.09. The Bertz CT molecular complexity index is 527. The van der Waals surface area contributed by atoms with Gasteiger partial charge in [-0.25, -0.2) is 12.8 Å². The molecule has 0 aliphatic carbocycles. The number of halogens is 1. The van der Waals surface area contributed by atoms with Gasteiger partial charge in [-0.2, -0.15) is 0 Å². The lowest BCUT2D eigenvalue weighted by atomic mass is 10.3. The molecule has 0 bridgehead atoms. The second-order valence-electron chi connectivity index (χ2n) is 3.34. The molecule has 17 heavy (non-hydrogen) atoms. The van der Waals surface area contributed by atoms with E-state index in [1.165, 1.54) is 12.1 Å². The van der Waals surface area contributed by atoms with Crippen molar-refractivity contribution in [3.8, 4) is 5.75 Å². The third-order valence-corrected chi connectivity index (χ3v) is 2.35. The summed E-state index contributed by atoms with van der Waals surface area (Å²) in [6.07, 6.45) is 1.09. The molecule has 0 unspecified atom stereocenters. The van der Waals surface area contributed by atoms with E-state index >= 15 is 0 Å². The van der Waals surface area contributed by atoms with Crippen LogP contribution in [0.3, 0.4) is 0 Å². The van der Waals surface area contributed by atoms with Crippen LogP contribution in [0.4, 0.5) is 10.1 Å². The van der Waals surface area contributed by atoms with Crippen molar-refractivity contribution in [3.63, 3.8) is 0 Å². The molecule has 0 aliphatic heterocycles. The van der Waals surface area contributed by atoms with E-state index < -0.39 is 21.8 Å². The highest BCUT2D eigenvalue weighted by Gasteiger charge is 2.10. The largest absolute Gasteiger partial charge is 0.426 e. The highest BCUT2D eigenvalue weighted by molar-refractivity contribution is 7.92. The molecule has 0 heterocycles. The molecule has 7 heteroatoms. The van der Waals surface area contributed by atoms with Gasteiger partial charge in [0.05, 0.1) is 11.9 Å². The van der Waals surface area contributed by atoms with Crippen LogP contribution in [0.2, 0.25) is 0 Å². The third-order valence-electron chi connectivity index (χ3n) is 1.76. The third kappa shape index (κ3) is 4.39. The van der Waals surface area contributed by atoms with E-state index in [4.69, 9.17) is 4.74 Å². The first-order valence-corrected chi connectivity index (χ1v) is 6.69. The number of anilines is 1. The average Bonchev–Trinajstić information content (AvgIpc) is 2.20. The number of sulfonamides is 1. The molecule has 0 fully saturated rings. The molecule has 1 N–H and O–H groups in total. The Balaban J connectivity index is 2.90. The number of rotatable bonds is 4. The molecule has 94 valence electrons. The van der Waals surface area contributed by atoms with Gasteiger partial charge in [-0.3, -0.25) is 9.52 Å². The maximum absolute atomic E-state index is 13.4. The van der Waals surface area contributed by atoms with Gasteiger partial charge in [-0.1, -0.05) is 6.92 Å². The molecular weight excluding hydrogens is 249 g/mol. The predicted octanol–water partition coefficient (Wildman–Crippen LogP) is 1.51. The minimum Gasteiger partial charge on any atom is -0.426 e. The van der Waals surface area contributed by atoms with Crippen LogP contribution in [0.15, 0.2) is 18.2 Å².